The molecule has 0 bridgehead atoms. The SMILES string of the molecule is C=CCOc1ccc(C[NH+](C)CC(=O)N[C@@H]2CCS(=O)(=O)C2)cc1. The molecule has 2 N–H and O–H groups in total. The third-order valence-electron chi connectivity index (χ3n) is 3.86. The second-order valence-corrected chi connectivity index (χ2v) is 8.45. The van der Waals surface area contributed by atoms with Crippen molar-refractivity contribution in [2.75, 3.05) is 31.7 Å². The van der Waals surface area contributed by atoms with Gasteiger partial charge in [0.1, 0.15) is 18.9 Å². The molecule has 7 heteroatoms. The van der Waals surface area contributed by atoms with E-state index >= 15 is 0 Å². The average Bonchev–Trinajstić information content (AvgIpc) is 2.85. The Bertz CT molecular complexity index is 670. The van der Waals surface area contributed by atoms with Crippen molar-refractivity contribution >= 4 is 15.7 Å². The standard InChI is InChI=1S/C17H24N2O4S/c1-3-9-23-16-6-4-14(5-7-16)11-19(2)12-17(20)18-15-8-10-24(21,22)13-15/h3-7,15H,1,8-13H2,2H3,(H,18,20)/p+1/t15-/m1/s1. The molecule has 1 saturated heterocycles. The van der Waals surface area contributed by atoms with Crippen molar-refractivity contribution in [2.45, 2.75) is 19.0 Å². The average molecular weight is 353 g/mol. The molecule has 1 fully saturated rings. The smallest absolute Gasteiger partial charge is 0.275 e. The van der Waals surface area contributed by atoms with Crippen LogP contribution in [-0.4, -0.2) is 52.1 Å². The Balaban J connectivity index is 1.76. The zero-order valence-corrected chi connectivity index (χ0v) is 14.8. The Kier molecular flexibility index (Phi) is 6.39. The third kappa shape index (κ3) is 5.98. The zero-order chi connectivity index (χ0) is 17.6. The summed E-state index contributed by atoms with van der Waals surface area (Å²) >= 11 is 0. The third-order valence-corrected chi connectivity index (χ3v) is 5.62. The van der Waals surface area contributed by atoms with Gasteiger partial charge in [-0.3, -0.25) is 4.79 Å². The van der Waals surface area contributed by atoms with Crippen molar-refractivity contribution in [1.82, 2.24) is 5.32 Å². The van der Waals surface area contributed by atoms with Crippen LogP contribution in [0.2, 0.25) is 0 Å². The zero-order valence-electron chi connectivity index (χ0n) is 14.0. The number of benzene rings is 1. The number of hydrogen-bond donors (Lipinski definition) is 2. The molecule has 1 aromatic rings. The summed E-state index contributed by atoms with van der Waals surface area (Å²) in [4.78, 5) is 13.1. The van der Waals surface area contributed by atoms with Crippen LogP contribution in [0, 0.1) is 0 Å². The highest BCUT2D eigenvalue weighted by Gasteiger charge is 2.29. The molecule has 0 aromatic heterocycles. The van der Waals surface area contributed by atoms with Gasteiger partial charge in [0.25, 0.3) is 5.91 Å². The summed E-state index contributed by atoms with van der Waals surface area (Å²) < 4.78 is 28.2. The molecule has 0 aliphatic carbocycles. The molecule has 1 unspecified atom stereocenters. The van der Waals surface area contributed by atoms with Crippen LogP contribution >= 0.6 is 0 Å². The summed E-state index contributed by atoms with van der Waals surface area (Å²) in [5, 5.41) is 2.82. The van der Waals surface area contributed by atoms with Crippen molar-refractivity contribution in [3.63, 3.8) is 0 Å². The number of amides is 1. The number of ether oxygens (including phenoxy) is 1. The highest BCUT2D eigenvalue weighted by Crippen LogP contribution is 2.12. The van der Waals surface area contributed by atoms with Crippen molar-refractivity contribution in [3.8, 4) is 5.75 Å². The highest BCUT2D eigenvalue weighted by atomic mass is 32.2. The lowest BCUT2D eigenvalue weighted by Crippen LogP contribution is -3.09. The molecule has 132 valence electrons. The molecule has 1 aromatic carbocycles. The molecule has 2 rings (SSSR count). The molecule has 0 radical (unpaired) electrons. The lowest BCUT2D eigenvalue weighted by molar-refractivity contribution is -0.885. The van der Waals surface area contributed by atoms with E-state index in [-0.39, 0.29) is 23.5 Å². The summed E-state index contributed by atoms with van der Waals surface area (Å²) in [5.74, 6) is 0.905. The van der Waals surface area contributed by atoms with E-state index in [0.717, 1.165) is 16.2 Å². The predicted octanol–water partition coefficient (Wildman–Crippen LogP) is -0.431. The maximum atomic E-state index is 12.0. The van der Waals surface area contributed by atoms with Crippen molar-refractivity contribution in [3.05, 3.63) is 42.5 Å². The van der Waals surface area contributed by atoms with Crippen LogP contribution in [-0.2, 0) is 21.2 Å². The van der Waals surface area contributed by atoms with Crippen molar-refractivity contribution < 1.29 is 22.8 Å². The molecule has 0 spiro atoms. The van der Waals surface area contributed by atoms with E-state index in [4.69, 9.17) is 4.74 Å². The molecule has 1 aliphatic heterocycles. The topological polar surface area (TPSA) is 76.9 Å². The number of nitrogens with one attached hydrogen (secondary N) is 2. The summed E-state index contributed by atoms with van der Waals surface area (Å²) in [6.07, 6.45) is 2.21. The molecule has 6 nitrogen and oxygen atoms in total. The van der Waals surface area contributed by atoms with Gasteiger partial charge in [-0.15, -0.1) is 0 Å². The van der Waals surface area contributed by atoms with E-state index in [9.17, 15) is 13.2 Å². The van der Waals surface area contributed by atoms with Crippen LogP contribution in [0.5, 0.6) is 5.75 Å². The van der Waals surface area contributed by atoms with Gasteiger partial charge in [-0.2, -0.15) is 0 Å². The first-order valence-electron chi connectivity index (χ1n) is 8.01. The van der Waals surface area contributed by atoms with Crippen LogP contribution in [0.1, 0.15) is 12.0 Å². The molecule has 0 saturated carbocycles. The minimum Gasteiger partial charge on any atom is -0.490 e. The summed E-state index contributed by atoms with van der Waals surface area (Å²) in [6, 6.07) is 7.51. The Morgan fingerprint density at radius 1 is 1.42 bits per heavy atom. The fourth-order valence-electron chi connectivity index (χ4n) is 2.73. The van der Waals surface area contributed by atoms with Crippen LogP contribution in [0.25, 0.3) is 0 Å². The van der Waals surface area contributed by atoms with E-state index < -0.39 is 9.84 Å². The Labute approximate surface area is 143 Å². The number of carbonyl (C=O) groups excluding carboxylic acids is 1. The van der Waals surface area contributed by atoms with Crippen LogP contribution in [0.15, 0.2) is 36.9 Å². The van der Waals surface area contributed by atoms with Crippen LogP contribution < -0.4 is 15.0 Å². The molecule has 24 heavy (non-hydrogen) atoms. The number of carbonyl (C=O) groups is 1. The van der Waals surface area contributed by atoms with E-state index in [1.807, 2.05) is 31.3 Å². The number of hydrogen-bond acceptors (Lipinski definition) is 4. The van der Waals surface area contributed by atoms with Crippen LogP contribution in [0.3, 0.4) is 0 Å². The van der Waals surface area contributed by atoms with Crippen molar-refractivity contribution in [2.24, 2.45) is 0 Å². The van der Waals surface area contributed by atoms with Gasteiger partial charge in [-0.25, -0.2) is 8.42 Å². The number of likely N-dealkylation sites (N-methyl/N-ethyl adjacent to an activating group) is 1. The Hall–Kier alpha value is -1.86. The first-order valence-corrected chi connectivity index (χ1v) is 9.84. The Morgan fingerprint density at radius 2 is 2.12 bits per heavy atom. The summed E-state index contributed by atoms with van der Waals surface area (Å²) in [5.41, 5.74) is 1.11. The van der Waals surface area contributed by atoms with Gasteiger partial charge in [0.15, 0.2) is 16.4 Å². The molecular formula is C17H25N2O4S+. The monoisotopic (exact) mass is 353 g/mol. The number of quaternary nitrogens is 1. The van der Waals surface area contributed by atoms with Gasteiger partial charge in [-0.1, -0.05) is 12.7 Å². The molecular weight excluding hydrogens is 328 g/mol. The summed E-state index contributed by atoms with van der Waals surface area (Å²) in [7, 11) is -1.03. The van der Waals surface area contributed by atoms with E-state index in [1.54, 1.807) is 6.08 Å². The predicted molar refractivity (Wildman–Crippen MR) is 92.8 cm³/mol. The quantitative estimate of drug-likeness (QED) is 0.622. The number of rotatable bonds is 8. The molecule has 1 heterocycles. The Morgan fingerprint density at radius 3 is 2.71 bits per heavy atom. The lowest BCUT2D eigenvalue weighted by Gasteiger charge is -2.16. The van der Waals surface area contributed by atoms with Gasteiger partial charge < -0.3 is 15.0 Å². The molecule has 1 aliphatic rings. The molecule has 2 atom stereocenters. The van der Waals surface area contributed by atoms with E-state index in [2.05, 4.69) is 11.9 Å². The lowest BCUT2D eigenvalue weighted by atomic mass is 10.2. The van der Waals surface area contributed by atoms with Gasteiger partial charge >= 0.3 is 0 Å². The second-order valence-electron chi connectivity index (χ2n) is 6.22. The molecule has 1 amide bonds. The minimum atomic E-state index is -2.97. The minimum absolute atomic E-state index is 0.0595. The largest absolute Gasteiger partial charge is 0.490 e. The van der Waals surface area contributed by atoms with Gasteiger partial charge in [0.2, 0.25) is 0 Å². The van der Waals surface area contributed by atoms with Gasteiger partial charge in [0, 0.05) is 11.6 Å². The maximum absolute atomic E-state index is 12.0. The normalized spacial score (nSPS) is 20.3. The second kappa shape index (κ2) is 8.30. The van der Waals surface area contributed by atoms with Gasteiger partial charge in [-0.05, 0) is 30.7 Å². The maximum Gasteiger partial charge on any atom is 0.275 e. The highest BCUT2D eigenvalue weighted by molar-refractivity contribution is 7.91. The van der Waals surface area contributed by atoms with Gasteiger partial charge in [0.05, 0.1) is 18.6 Å². The number of sulfone groups is 1. The van der Waals surface area contributed by atoms with E-state index in [0.29, 0.717) is 26.1 Å². The fraction of sp³-hybridized carbons (Fsp3) is 0.471. The fourth-order valence-corrected chi connectivity index (χ4v) is 4.40. The first kappa shape index (κ1) is 18.5. The summed E-state index contributed by atoms with van der Waals surface area (Å²) in [6.45, 7) is 5.10. The van der Waals surface area contributed by atoms with E-state index in [1.165, 1.54) is 0 Å². The van der Waals surface area contributed by atoms with Crippen molar-refractivity contribution in [1.29, 1.82) is 0 Å². The van der Waals surface area contributed by atoms with Crippen LogP contribution in [0.4, 0.5) is 0 Å². The first-order chi connectivity index (χ1) is 11.4.